The number of aromatic nitrogens is 1. The van der Waals surface area contributed by atoms with Crippen molar-refractivity contribution in [3.05, 3.63) is 105 Å². The highest BCUT2D eigenvalue weighted by molar-refractivity contribution is 7.90. The van der Waals surface area contributed by atoms with Gasteiger partial charge in [-0.2, -0.15) is 0 Å². The zero-order chi connectivity index (χ0) is 26.7. The van der Waals surface area contributed by atoms with Crippen molar-refractivity contribution in [1.29, 1.82) is 0 Å². The van der Waals surface area contributed by atoms with Gasteiger partial charge in [-0.3, -0.25) is 4.98 Å². The Balaban J connectivity index is 1.68. The highest BCUT2D eigenvalue weighted by Gasteiger charge is 2.25. The maximum absolute atomic E-state index is 14.2. The first-order valence-electron chi connectivity index (χ1n) is 11.1. The third kappa shape index (κ3) is 6.15. The number of amides is 2. The smallest absolute Gasteiger partial charge is 0.328 e. The Kier molecular flexibility index (Phi) is 7.91. The molecule has 0 saturated carbocycles. The van der Waals surface area contributed by atoms with Gasteiger partial charge in [0, 0.05) is 40.0 Å². The second-order valence-corrected chi connectivity index (χ2v) is 11.8. The lowest BCUT2D eigenvalue weighted by Crippen LogP contribution is -2.41. The fraction of sp³-hybridized carbons (Fsp3) is 0.154. The molecule has 37 heavy (non-hydrogen) atoms. The molecule has 2 heterocycles. The summed E-state index contributed by atoms with van der Waals surface area (Å²) in [5, 5.41) is 2.46. The van der Waals surface area contributed by atoms with Crippen LogP contribution in [-0.4, -0.2) is 26.0 Å². The predicted octanol–water partition coefficient (Wildman–Crippen LogP) is 6.18. The van der Waals surface area contributed by atoms with Crippen molar-refractivity contribution in [3.63, 3.8) is 0 Å². The van der Waals surface area contributed by atoms with Gasteiger partial charge in [-0.05, 0) is 61.4 Å². The number of aryl methyl sites for hydroxylation is 2. The third-order valence-electron chi connectivity index (χ3n) is 5.61. The number of thiophene rings is 1. The summed E-state index contributed by atoms with van der Waals surface area (Å²) in [5.41, 5.74) is 2.36. The predicted molar refractivity (Wildman–Crippen MR) is 140 cm³/mol. The van der Waals surface area contributed by atoms with Crippen molar-refractivity contribution in [2.24, 2.45) is 0 Å². The quantitative estimate of drug-likeness (QED) is 0.282. The van der Waals surface area contributed by atoms with Crippen LogP contribution in [-0.2, 0) is 10.0 Å². The lowest BCUT2D eigenvalue weighted by molar-refractivity contribution is 0.245. The largest absolute Gasteiger partial charge is 0.336 e. The molecule has 0 fully saturated rings. The van der Waals surface area contributed by atoms with Crippen molar-refractivity contribution >= 4 is 39.0 Å². The first-order chi connectivity index (χ1) is 17.5. The molecule has 1 atom stereocenters. The van der Waals surface area contributed by atoms with Crippen LogP contribution < -0.4 is 10.0 Å². The van der Waals surface area contributed by atoms with Gasteiger partial charge in [0.25, 0.3) is 10.0 Å². The van der Waals surface area contributed by atoms with Gasteiger partial charge in [0.2, 0.25) is 0 Å². The zero-order valence-electron chi connectivity index (χ0n) is 19.8. The van der Waals surface area contributed by atoms with Crippen LogP contribution in [0.2, 0.25) is 5.02 Å². The first kappa shape index (κ1) is 26.7. The fourth-order valence-corrected chi connectivity index (χ4v) is 6.43. The van der Waals surface area contributed by atoms with Gasteiger partial charge in [0.05, 0.1) is 10.7 Å². The number of halogens is 3. The van der Waals surface area contributed by atoms with Gasteiger partial charge in [-0.25, -0.2) is 26.7 Å². The molecule has 0 aliphatic carbocycles. The summed E-state index contributed by atoms with van der Waals surface area (Å²) in [4.78, 5) is 19.0. The topological polar surface area (TPSA) is 88.2 Å². The molecule has 6 nitrogen and oxygen atoms in total. The summed E-state index contributed by atoms with van der Waals surface area (Å²) in [6, 6.07) is 13.3. The molecule has 4 rings (SSSR count). The van der Waals surface area contributed by atoms with E-state index in [9.17, 15) is 22.0 Å². The van der Waals surface area contributed by atoms with Gasteiger partial charge in [0.1, 0.15) is 16.5 Å². The maximum Gasteiger partial charge on any atom is 0.328 e. The molecule has 0 saturated heterocycles. The Bertz CT molecular complexity index is 1550. The number of urea groups is 1. The van der Waals surface area contributed by atoms with E-state index >= 15 is 0 Å². The van der Waals surface area contributed by atoms with Crippen molar-refractivity contribution in [2.45, 2.75) is 24.7 Å². The fourth-order valence-electron chi connectivity index (χ4n) is 4.04. The molecule has 0 aliphatic heterocycles. The molecular weight excluding hydrogens is 540 g/mol. The van der Waals surface area contributed by atoms with E-state index in [4.69, 9.17) is 11.6 Å². The number of hydrogen-bond donors (Lipinski definition) is 2. The van der Waals surface area contributed by atoms with E-state index in [1.54, 1.807) is 29.7 Å². The van der Waals surface area contributed by atoms with Crippen LogP contribution in [0.3, 0.4) is 0 Å². The number of carbonyl (C=O) groups excluding carboxylic acids is 1. The molecule has 0 bridgehead atoms. The maximum atomic E-state index is 14.2. The monoisotopic (exact) mass is 561 g/mol. The van der Waals surface area contributed by atoms with Gasteiger partial charge in [-0.1, -0.05) is 29.8 Å². The SMILES string of the molecule is Cc1cc(-c2cccnc2C(CNC(=O)NS(=O)(=O)c2ccccc2Cl)c2cc(F)cc(F)c2)c(C)s1. The first-order valence-corrected chi connectivity index (χ1v) is 13.8. The van der Waals surface area contributed by atoms with E-state index in [1.165, 1.54) is 18.2 Å². The molecule has 2 N–H and O–H groups in total. The van der Waals surface area contributed by atoms with Gasteiger partial charge >= 0.3 is 6.03 Å². The summed E-state index contributed by atoms with van der Waals surface area (Å²) < 4.78 is 55.6. The average Bonchev–Trinajstić information content (AvgIpc) is 3.16. The lowest BCUT2D eigenvalue weighted by Gasteiger charge is -2.21. The van der Waals surface area contributed by atoms with E-state index in [0.717, 1.165) is 39.1 Å². The molecule has 0 aliphatic rings. The van der Waals surface area contributed by atoms with Crippen molar-refractivity contribution in [3.8, 4) is 11.1 Å². The Hall–Kier alpha value is -3.34. The number of benzene rings is 2. The third-order valence-corrected chi connectivity index (χ3v) is 8.40. The lowest BCUT2D eigenvalue weighted by atomic mass is 9.89. The standard InChI is InChI=1S/C26H22ClF2N3O3S2/c1-15-10-21(16(2)36-15)20-6-5-9-30-25(20)22(17-11-18(28)13-19(29)12-17)14-31-26(33)32-37(34,35)24-8-4-3-7-23(24)27/h3-13,22H,14H2,1-2H3,(H2,31,32,33). The second kappa shape index (κ2) is 11.0. The minimum atomic E-state index is -4.26. The van der Waals surface area contributed by atoms with Crippen molar-refractivity contribution < 1.29 is 22.0 Å². The number of carbonyl (C=O) groups is 1. The summed E-state index contributed by atoms with van der Waals surface area (Å²) in [7, 11) is -4.26. The highest BCUT2D eigenvalue weighted by atomic mass is 35.5. The van der Waals surface area contributed by atoms with Crippen LogP contribution in [0.25, 0.3) is 11.1 Å². The average molecular weight is 562 g/mol. The molecule has 1 unspecified atom stereocenters. The summed E-state index contributed by atoms with van der Waals surface area (Å²) >= 11 is 7.57. The number of hydrogen-bond acceptors (Lipinski definition) is 5. The van der Waals surface area contributed by atoms with Gasteiger partial charge in [0.15, 0.2) is 0 Å². The molecule has 2 aromatic carbocycles. The van der Waals surface area contributed by atoms with E-state index in [0.29, 0.717) is 5.69 Å². The van der Waals surface area contributed by atoms with Crippen LogP contribution in [0.15, 0.2) is 71.8 Å². The molecule has 2 amide bonds. The van der Waals surface area contributed by atoms with Crippen LogP contribution in [0.1, 0.15) is 26.9 Å². The number of pyridine rings is 1. The Morgan fingerprint density at radius 1 is 1.03 bits per heavy atom. The van der Waals surface area contributed by atoms with Crippen LogP contribution in [0.4, 0.5) is 13.6 Å². The molecule has 11 heteroatoms. The number of nitrogens with one attached hydrogen (secondary N) is 2. The number of nitrogens with zero attached hydrogens (tertiary/aromatic N) is 1. The highest BCUT2D eigenvalue weighted by Crippen LogP contribution is 2.37. The van der Waals surface area contributed by atoms with Crippen LogP contribution in [0.5, 0.6) is 0 Å². The molecular formula is C26H22ClF2N3O3S2. The summed E-state index contributed by atoms with van der Waals surface area (Å²) in [5.74, 6) is -2.37. The Morgan fingerprint density at radius 2 is 1.73 bits per heavy atom. The summed E-state index contributed by atoms with van der Waals surface area (Å²) in [6.45, 7) is 3.74. The molecule has 0 radical (unpaired) electrons. The zero-order valence-corrected chi connectivity index (χ0v) is 22.1. The van der Waals surface area contributed by atoms with E-state index in [1.807, 2.05) is 30.7 Å². The van der Waals surface area contributed by atoms with Gasteiger partial charge in [-0.15, -0.1) is 11.3 Å². The number of sulfonamides is 1. The Labute approximate surface area is 222 Å². The van der Waals surface area contributed by atoms with E-state index in [-0.39, 0.29) is 22.0 Å². The minimum Gasteiger partial charge on any atom is -0.336 e. The molecule has 192 valence electrons. The molecule has 2 aromatic heterocycles. The van der Waals surface area contributed by atoms with E-state index < -0.39 is 33.6 Å². The Morgan fingerprint density at radius 3 is 2.38 bits per heavy atom. The van der Waals surface area contributed by atoms with Gasteiger partial charge < -0.3 is 5.32 Å². The van der Waals surface area contributed by atoms with Crippen LogP contribution in [0, 0.1) is 25.5 Å². The normalized spacial score (nSPS) is 12.2. The summed E-state index contributed by atoms with van der Waals surface area (Å²) in [6.07, 6.45) is 1.55. The van der Waals surface area contributed by atoms with Crippen LogP contribution >= 0.6 is 22.9 Å². The second-order valence-electron chi connectivity index (χ2n) is 8.26. The minimum absolute atomic E-state index is 0.0459. The van der Waals surface area contributed by atoms with Crippen molar-refractivity contribution in [1.82, 2.24) is 15.0 Å². The van der Waals surface area contributed by atoms with E-state index in [2.05, 4.69) is 10.3 Å². The molecule has 4 aromatic rings. The number of rotatable bonds is 7. The molecule has 0 spiro atoms. The van der Waals surface area contributed by atoms with Crippen molar-refractivity contribution in [2.75, 3.05) is 6.54 Å².